The number of amides is 3. The molecule has 1 saturated heterocycles. The molecule has 6 nitrogen and oxygen atoms in total. The van der Waals surface area contributed by atoms with Gasteiger partial charge in [-0.2, -0.15) is 0 Å². The molecule has 1 fully saturated rings. The van der Waals surface area contributed by atoms with Gasteiger partial charge in [0.1, 0.15) is 7.85 Å². The molecule has 3 heterocycles. The van der Waals surface area contributed by atoms with Gasteiger partial charge in [-0.25, -0.2) is 0 Å². The largest absolute Gasteiger partial charge is 0.328 e. The molecule has 0 aliphatic carbocycles. The average molecular weight is 309 g/mol. The molecule has 0 aromatic heterocycles. The Balaban J connectivity index is 1.72. The molecule has 116 valence electrons. The number of rotatable bonds is 1. The van der Waals surface area contributed by atoms with E-state index in [0.717, 1.165) is 25.1 Å². The van der Waals surface area contributed by atoms with Crippen LogP contribution < -0.4 is 10.6 Å². The molecule has 3 amide bonds. The van der Waals surface area contributed by atoms with E-state index in [1.165, 1.54) is 16.0 Å². The van der Waals surface area contributed by atoms with Crippen LogP contribution in [0.15, 0.2) is 12.1 Å². The number of benzene rings is 1. The van der Waals surface area contributed by atoms with Crippen molar-refractivity contribution >= 4 is 25.6 Å². The van der Waals surface area contributed by atoms with Crippen LogP contribution in [0.25, 0.3) is 0 Å². The van der Waals surface area contributed by atoms with Crippen molar-refractivity contribution in [1.29, 1.82) is 0 Å². The van der Waals surface area contributed by atoms with Crippen molar-refractivity contribution in [3.63, 3.8) is 0 Å². The summed E-state index contributed by atoms with van der Waals surface area (Å²) in [6, 6.07) is 3.79. The van der Waals surface area contributed by atoms with Crippen LogP contribution in [0.1, 0.15) is 39.9 Å². The third kappa shape index (κ3) is 2.03. The predicted octanol–water partition coefficient (Wildman–Crippen LogP) is -0.410. The summed E-state index contributed by atoms with van der Waals surface area (Å²) >= 11 is 0. The summed E-state index contributed by atoms with van der Waals surface area (Å²) in [6.07, 6.45) is 1.16. The van der Waals surface area contributed by atoms with Crippen molar-refractivity contribution in [2.24, 2.45) is 0 Å². The lowest BCUT2D eigenvalue weighted by Crippen LogP contribution is -2.63. The lowest BCUT2D eigenvalue weighted by atomic mass is 9.70. The van der Waals surface area contributed by atoms with Crippen LogP contribution in [0, 0.1) is 0 Å². The molecule has 2 radical (unpaired) electrons. The predicted molar refractivity (Wildman–Crippen MR) is 82.6 cm³/mol. The van der Waals surface area contributed by atoms with Crippen molar-refractivity contribution < 1.29 is 14.4 Å². The van der Waals surface area contributed by atoms with Crippen molar-refractivity contribution in [3.05, 3.63) is 34.4 Å². The Morgan fingerprint density at radius 3 is 2.74 bits per heavy atom. The number of nitrogens with zero attached hydrogens (tertiary/aromatic N) is 1. The highest BCUT2D eigenvalue weighted by Gasteiger charge is 2.48. The second-order valence-corrected chi connectivity index (χ2v) is 6.35. The van der Waals surface area contributed by atoms with Crippen LogP contribution in [0.4, 0.5) is 0 Å². The fourth-order valence-electron chi connectivity index (χ4n) is 3.71. The Bertz CT molecular complexity index is 748. The third-order valence-corrected chi connectivity index (χ3v) is 5.05. The number of imide groups is 1. The number of nitrogens with one attached hydrogen (secondary N) is 2. The van der Waals surface area contributed by atoms with Gasteiger partial charge in [-0.3, -0.25) is 19.7 Å². The van der Waals surface area contributed by atoms with Crippen LogP contribution in [-0.2, 0) is 29.1 Å². The van der Waals surface area contributed by atoms with E-state index >= 15 is 0 Å². The summed E-state index contributed by atoms with van der Waals surface area (Å²) in [6.45, 7) is 2.00. The molecule has 0 bridgehead atoms. The first kappa shape index (κ1) is 14.4. The normalized spacial score (nSPS) is 26.8. The molecular formula is C16H16BN3O3. The minimum absolute atomic E-state index is 0.143. The maximum atomic E-state index is 12.8. The maximum absolute atomic E-state index is 12.8. The van der Waals surface area contributed by atoms with E-state index in [4.69, 9.17) is 7.85 Å². The summed E-state index contributed by atoms with van der Waals surface area (Å²) in [7, 11) is 6.24. The smallest absolute Gasteiger partial charge is 0.254 e. The molecule has 0 saturated carbocycles. The molecule has 3 aliphatic heterocycles. The Hall–Kier alpha value is -2.15. The second kappa shape index (κ2) is 4.93. The first-order chi connectivity index (χ1) is 11.0. The zero-order valence-corrected chi connectivity index (χ0v) is 12.6. The SMILES string of the molecule is [B]C1(N2Cc3c(ccc4c3CCNC4)C2=O)CCC(=O)NC1=O. The highest BCUT2D eigenvalue weighted by atomic mass is 16.2. The van der Waals surface area contributed by atoms with Gasteiger partial charge in [0.25, 0.3) is 5.91 Å². The van der Waals surface area contributed by atoms with Crippen molar-refractivity contribution in [2.75, 3.05) is 6.54 Å². The fraction of sp³-hybridized carbons (Fsp3) is 0.438. The molecule has 1 aromatic rings. The van der Waals surface area contributed by atoms with Crippen LogP contribution in [0.2, 0.25) is 0 Å². The van der Waals surface area contributed by atoms with E-state index in [1.807, 2.05) is 12.1 Å². The molecule has 0 spiro atoms. The van der Waals surface area contributed by atoms with E-state index in [2.05, 4.69) is 10.6 Å². The molecule has 1 unspecified atom stereocenters. The van der Waals surface area contributed by atoms with Crippen LogP contribution in [0.5, 0.6) is 0 Å². The summed E-state index contributed by atoms with van der Waals surface area (Å²) in [5.74, 6) is -1.16. The molecule has 1 aromatic carbocycles. The Morgan fingerprint density at radius 2 is 1.96 bits per heavy atom. The van der Waals surface area contributed by atoms with Crippen molar-refractivity contribution in [3.8, 4) is 0 Å². The minimum atomic E-state index is -1.45. The zero-order valence-electron chi connectivity index (χ0n) is 12.6. The van der Waals surface area contributed by atoms with Gasteiger partial charge in [0.05, 0.1) is 5.44 Å². The molecule has 2 N–H and O–H groups in total. The highest BCUT2D eigenvalue weighted by molar-refractivity contribution is 6.32. The number of carbonyl (C=O) groups excluding carboxylic acids is 3. The highest BCUT2D eigenvalue weighted by Crippen LogP contribution is 2.35. The van der Waals surface area contributed by atoms with E-state index in [1.54, 1.807) is 0 Å². The van der Waals surface area contributed by atoms with Gasteiger partial charge in [-0.15, -0.1) is 0 Å². The maximum Gasteiger partial charge on any atom is 0.254 e. The van der Waals surface area contributed by atoms with Crippen LogP contribution >= 0.6 is 0 Å². The van der Waals surface area contributed by atoms with Gasteiger partial charge in [-0.05, 0) is 42.1 Å². The van der Waals surface area contributed by atoms with E-state index in [9.17, 15) is 14.4 Å². The standard InChI is InChI=1S/C16H16BN3O3/c17-16(5-3-13(21)19-15(16)23)20-8-12-10-4-6-18-7-9(10)1-2-11(12)14(20)22/h1-2,18H,3-8H2,(H,19,21,23). The number of carbonyl (C=O) groups is 3. The van der Waals surface area contributed by atoms with Gasteiger partial charge in [0.2, 0.25) is 11.8 Å². The topological polar surface area (TPSA) is 78.5 Å². The average Bonchev–Trinajstić information content (AvgIpc) is 2.89. The van der Waals surface area contributed by atoms with Gasteiger partial charge in [0, 0.05) is 25.1 Å². The Kier molecular flexibility index (Phi) is 3.09. The number of hydrogen-bond acceptors (Lipinski definition) is 4. The molecule has 4 rings (SSSR count). The zero-order chi connectivity index (χ0) is 16.2. The lowest BCUT2D eigenvalue weighted by Gasteiger charge is -2.40. The molecule has 1 atom stereocenters. The third-order valence-electron chi connectivity index (χ3n) is 5.05. The van der Waals surface area contributed by atoms with Gasteiger partial charge >= 0.3 is 0 Å². The molecular weight excluding hydrogens is 293 g/mol. The monoisotopic (exact) mass is 309 g/mol. The van der Waals surface area contributed by atoms with Crippen LogP contribution in [-0.4, -0.2) is 42.5 Å². The summed E-state index contributed by atoms with van der Waals surface area (Å²) in [4.78, 5) is 37.8. The summed E-state index contributed by atoms with van der Waals surface area (Å²) < 4.78 is 0. The molecule has 7 heteroatoms. The summed E-state index contributed by atoms with van der Waals surface area (Å²) in [5, 5.41) is 5.56. The Labute approximate surface area is 135 Å². The molecule has 3 aliphatic rings. The van der Waals surface area contributed by atoms with Crippen molar-refractivity contribution in [1.82, 2.24) is 15.5 Å². The van der Waals surface area contributed by atoms with E-state index < -0.39 is 11.3 Å². The first-order valence-corrected chi connectivity index (χ1v) is 7.80. The van der Waals surface area contributed by atoms with E-state index in [-0.39, 0.29) is 24.7 Å². The van der Waals surface area contributed by atoms with Crippen molar-refractivity contribution in [2.45, 2.75) is 37.8 Å². The molecule has 23 heavy (non-hydrogen) atoms. The second-order valence-electron chi connectivity index (χ2n) is 6.35. The first-order valence-electron chi connectivity index (χ1n) is 7.80. The van der Waals surface area contributed by atoms with Gasteiger partial charge in [-0.1, -0.05) is 6.07 Å². The number of fused-ring (bicyclic) bond motifs is 3. The minimum Gasteiger partial charge on any atom is -0.328 e. The van der Waals surface area contributed by atoms with Crippen LogP contribution in [0.3, 0.4) is 0 Å². The fourth-order valence-corrected chi connectivity index (χ4v) is 3.71. The van der Waals surface area contributed by atoms with Gasteiger partial charge < -0.3 is 10.2 Å². The van der Waals surface area contributed by atoms with Gasteiger partial charge in [0.15, 0.2) is 0 Å². The number of piperidine rings is 1. The lowest BCUT2D eigenvalue weighted by molar-refractivity contribution is -0.138. The Morgan fingerprint density at radius 1 is 1.13 bits per heavy atom. The number of hydrogen-bond donors (Lipinski definition) is 2. The quantitative estimate of drug-likeness (QED) is 0.546. The summed E-state index contributed by atoms with van der Waals surface area (Å²) in [5.41, 5.74) is 2.53. The van der Waals surface area contributed by atoms with E-state index in [0.29, 0.717) is 12.1 Å².